The first-order valence-electron chi connectivity index (χ1n) is 13.6. The second kappa shape index (κ2) is 12.7. The summed E-state index contributed by atoms with van der Waals surface area (Å²) in [5, 5.41) is 11.4. The Morgan fingerprint density at radius 1 is 1.00 bits per heavy atom. The molecule has 1 aliphatic rings. The van der Waals surface area contributed by atoms with Crippen LogP contribution in [0.4, 0.5) is 18.9 Å². The van der Waals surface area contributed by atoms with Crippen LogP contribution in [0.3, 0.4) is 0 Å². The third kappa shape index (κ3) is 6.40. The second-order valence-electron chi connectivity index (χ2n) is 9.82. The fraction of sp³-hybridized carbons (Fsp3) is 0.233. The molecule has 0 N–H and O–H groups in total. The number of benzene rings is 2. The van der Waals surface area contributed by atoms with Crippen LogP contribution in [0.25, 0.3) is 17.1 Å². The average Bonchev–Trinajstić information content (AvgIpc) is 3.71. The van der Waals surface area contributed by atoms with E-state index in [9.17, 15) is 18.0 Å². The Morgan fingerprint density at radius 3 is 2.50 bits per heavy atom. The van der Waals surface area contributed by atoms with E-state index >= 15 is 0 Å². The molecule has 0 aliphatic carbocycles. The van der Waals surface area contributed by atoms with Crippen LogP contribution in [0.1, 0.15) is 21.1 Å². The number of alkyl halides is 3. The summed E-state index contributed by atoms with van der Waals surface area (Å²) < 4.78 is 47.4. The number of methoxy groups -OCH3 is 1. The van der Waals surface area contributed by atoms with Gasteiger partial charge >= 0.3 is 6.18 Å². The number of piperazine rings is 1. The summed E-state index contributed by atoms with van der Waals surface area (Å²) in [5.41, 5.74) is 1.56. The lowest BCUT2D eigenvalue weighted by atomic mass is 10.2. The summed E-state index contributed by atoms with van der Waals surface area (Å²) >= 11 is 2.63. The Morgan fingerprint density at radius 2 is 1.80 bits per heavy atom. The second-order valence-corrected chi connectivity index (χ2v) is 11.7. The summed E-state index contributed by atoms with van der Waals surface area (Å²) in [7, 11) is 1.63. The number of aromatic nitrogens is 5. The number of thiazole rings is 1. The number of anilines is 1. The normalized spacial score (nSPS) is 13.7. The molecule has 1 fully saturated rings. The third-order valence-corrected chi connectivity index (χ3v) is 9.06. The van der Waals surface area contributed by atoms with Gasteiger partial charge in [-0.15, -0.1) is 21.5 Å². The molecule has 44 heavy (non-hydrogen) atoms. The van der Waals surface area contributed by atoms with E-state index in [1.165, 1.54) is 29.2 Å². The largest absolute Gasteiger partial charge is 0.497 e. The molecule has 1 amide bonds. The first-order valence-corrected chi connectivity index (χ1v) is 15.5. The van der Waals surface area contributed by atoms with E-state index in [2.05, 4.69) is 25.1 Å². The van der Waals surface area contributed by atoms with Gasteiger partial charge in [-0.05, 0) is 54.6 Å². The number of thioether (sulfide) groups is 1. The number of hydrogen-bond donors (Lipinski definition) is 0. The highest BCUT2D eigenvalue weighted by Crippen LogP contribution is 2.34. The van der Waals surface area contributed by atoms with E-state index in [4.69, 9.17) is 4.74 Å². The van der Waals surface area contributed by atoms with Crippen LogP contribution in [-0.4, -0.2) is 68.8 Å². The molecule has 226 valence electrons. The number of carbonyl (C=O) groups excluding carboxylic acids is 1. The van der Waals surface area contributed by atoms with Crippen molar-refractivity contribution in [2.45, 2.75) is 17.1 Å². The molecular weight excluding hydrogens is 612 g/mol. The summed E-state index contributed by atoms with van der Waals surface area (Å²) in [6, 6.07) is 16.4. The molecule has 0 saturated carbocycles. The molecule has 14 heteroatoms. The van der Waals surface area contributed by atoms with Crippen LogP contribution in [0.5, 0.6) is 5.75 Å². The first kappa shape index (κ1) is 29.6. The standard InChI is InChI=1S/C30H26F3N7O2S2/c1-42-24-9-7-22(8-10-24)38-12-14-39(15-13-38)28(41)25-18-43-26(35-25)19-44-29-37-36-27(20-4-3-11-34-17-20)40(29)23-6-2-5-21(16-23)30(31,32)33/h2-11,16-18H,12-15,19H2,1H3. The molecule has 0 unspecified atom stereocenters. The van der Waals surface area contributed by atoms with Gasteiger partial charge in [0.1, 0.15) is 16.5 Å². The maximum absolute atomic E-state index is 13.5. The van der Waals surface area contributed by atoms with Gasteiger partial charge in [-0.1, -0.05) is 17.8 Å². The highest BCUT2D eigenvalue weighted by atomic mass is 32.2. The molecule has 0 spiro atoms. The minimum absolute atomic E-state index is 0.127. The predicted molar refractivity (Wildman–Crippen MR) is 162 cm³/mol. The molecule has 3 aromatic heterocycles. The Balaban J connectivity index is 1.15. The summed E-state index contributed by atoms with van der Waals surface area (Å²) in [6.07, 6.45) is -1.32. The maximum atomic E-state index is 13.5. The molecule has 9 nitrogen and oxygen atoms in total. The van der Waals surface area contributed by atoms with Crippen molar-refractivity contribution in [2.75, 3.05) is 38.2 Å². The fourth-order valence-corrected chi connectivity index (χ4v) is 6.56. The lowest BCUT2D eigenvalue weighted by Crippen LogP contribution is -2.48. The van der Waals surface area contributed by atoms with Crippen LogP contribution < -0.4 is 9.64 Å². The van der Waals surface area contributed by atoms with Crippen LogP contribution in [0, 0.1) is 0 Å². The van der Waals surface area contributed by atoms with E-state index in [1.807, 2.05) is 24.3 Å². The zero-order valence-electron chi connectivity index (χ0n) is 23.4. The van der Waals surface area contributed by atoms with E-state index < -0.39 is 11.7 Å². The zero-order chi connectivity index (χ0) is 30.7. The van der Waals surface area contributed by atoms with Crippen molar-refractivity contribution in [1.82, 2.24) is 29.6 Å². The SMILES string of the molecule is COc1ccc(N2CCN(C(=O)c3csc(CSc4nnc(-c5cccnc5)n4-c4cccc(C(F)(F)F)c4)n3)CC2)cc1. The topological polar surface area (TPSA) is 89.3 Å². The van der Waals surface area contributed by atoms with Crippen LogP contribution in [-0.2, 0) is 11.9 Å². The lowest BCUT2D eigenvalue weighted by Gasteiger charge is -2.35. The number of pyridine rings is 1. The summed E-state index contributed by atoms with van der Waals surface area (Å²) in [4.78, 5) is 26.0. The molecule has 1 aliphatic heterocycles. The number of halogens is 3. The van der Waals surface area contributed by atoms with Gasteiger partial charge in [0.2, 0.25) is 0 Å². The zero-order valence-corrected chi connectivity index (χ0v) is 25.1. The van der Waals surface area contributed by atoms with Crippen LogP contribution in [0.15, 0.2) is 83.6 Å². The van der Waals surface area contributed by atoms with Gasteiger partial charge in [-0.3, -0.25) is 14.3 Å². The molecule has 0 bridgehead atoms. The van der Waals surface area contributed by atoms with Gasteiger partial charge in [0.05, 0.1) is 24.1 Å². The minimum Gasteiger partial charge on any atom is -0.497 e. The van der Waals surface area contributed by atoms with E-state index in [0.29, 0.717) is 59.2 Å². The number of amides is 1. The quantitative estimate of drug-likeness (QED) is 0.190. The molecule has 5 aromatic rings. The number of ether oxygens (including phenoxy) is 1. The Labute approximate surface area is 259 Å². The highest BCUT2D eigenvalue weighted by molar-refractivity contribution is 7.98. The van der Waals surface area contributed by atoms with Gasteiger partial charge < -0.3 is 14.5 Å². The van der Waals surface area contributed by atoms with Gasteiger partial charge in [-0.2, -0.15) is 13.2 Å². The third-order valence-electron chi connectivity index (χ3n) is 7.08. The molecular formula is C30H26F3N7O2S2. The Hall–Kier alpha value is -4.43. The number of carbonyl (C=O) groups is 1. The molecule has 2 aromatic carbocycles. The lowest BCUT2D eigenvalue weighted by molar-refractivity contribution is -0.137. The maximum Gasteiger partial charge on any atom is 0.416 e. The van der Waals surface area contributed by atoms with Crippen molar-refractivity contribution in [3.05, 3.63) is 94.7 Å². The Bertz CT molecular complexity index is 1740. The Kier molecular flexibility index (Phi) is 8.53. The van der Waals surface area contributed by atoms with Crippen LogP contribution >= 0.6 is 23.1 Å². The van der Waals surface area contributed by atoms with Gasteiger partial charge in [-0.25, -0.2) is 4.98 Å². The van der Waals surface area contributed by atoms with Gasteiger partial charge in [0.25, 0.3) is 5.91 Å². The van der Waals surface area contributed by atoms with Crippen molar-refractivity contribution in [2.24, 2.45) is 0 Å². The number of rotatable bonds is 8. The molecule has 0 radical (unpaired) electrons. The molecule has 6 rings (SSSR count). The van der Waals surface area contributed by atoms with Crippen molar-refractivity contribution in [1.29, 1.82) is 0 Å². The van der Waals surface area contributed by atoms with E-state index in [1.54, 1.807) is 52.5 Å². The van der Waals surface area contributed by atoms with Crippen molar-refractivity contribution >= 4 is 34.7 Å². The fourth-order valence-electron chi connectivity index (χ4n) is 4.82. The molecule has 0 atom stereocenters. The molecule has 4 heterocycles. The van der Waals surface area contributed by atoms with Crippen molar-refractivity contribution in [3.63, 3.8) is 0 Å². The van der Waals surface area contributed by atoms with Crippen molar-refractivity contribution < 1.29 is 22.7 Å². The van der Waals surface area contributed by atoms with E-state index in [-0.39, 0.29) is 11.6 Å². The average molecular weight is 638 g/mol. The smallest absolute Gasteiger partial charge is 0.416 e. The van der Waals surface area contributed by atoms with E-state index in [0.717, 1.165) is 23.6 Å². The number of hydrogen-bond acceptors (Lipinski definition) is 9. The predicted octanol–water partition coefficient (Wildman–Crippen LogP) is 6.07. The van der Waals surface area contributed by atoms with Crippen LogP contribution in [0.2, 0.25) is 0 Å². The number of nitrogens with zero attached hydrogens (tertiary/aromatic N) is 7. The van der Waals surface area contributed by atoms with Crippen molar-refractivity contribution in [3.8, 4) is 22.8 Å². The van der Waals surface area contributed by atoms with Gasteiger partial charge in [0.15, 0.2) is 11.0 Å². The minimum atomic E-state index is -4.50. The molecule has 1 saturated heterocycles. The monoisotopic (exact) mass is 637 g/mol. The summed E-state index contributed by atoms with van der Waals surface area (Å²) in [5.74, 6) is 1.39. The first-order chi connectivity index (χ1) is 21.3. The van der Waals surface area contributed by atoms with Gasteiger partial charge in [0, 0.05) is 55.2 Å². The highest BCUT2D eigenvalue weighted by Gasteiger charge is 2.31. The summed E-state index contributed by atoms with van der Waals surface area (Å²) in [6.45, 7) is 2.55.